The largest absolute Gasteiger partial charge is 0.497 e. The Kier molecular flexibility index (Phi) is 6.22. The van der Waals surface area contributed by atoms with Crippen LogP contribution in [0.3, 0.4) is 0 Å². The smallest absolute Gasteiger partial charge is 0.248 e. The summed E-state index contributed by atoms with van der Waals surface area (Å²) in [5.41, 5.74) is 6.24. The summed E-state index contributed by atoms with van der Waals surface area (Å²) in [5.74, 6) is 0.712. The Morgan fingerprint density at radius 1 is 1.07 bits per heavy atom. The van der Waals surface area contributed by atoms with Crippen molar-refractivity contribution in [3.8, 4) is 22.8 Å². The molecule has 0 aliphatic carbocycles. The van der Waals surface area contributed by atoms with Crippen LogP contribution >= 0.6 is 11.8 Å². The van der Waals surface area contributed by atoms with Crippen molar-refractivity contribution in [1.29, 1.82) is 0 Å². The van der Waals surface area contributed by atoms with Crippen molar-refractivity contribution in [2.75, 3.05) is 12.9 Å². The van der Waals surface area contributed by atoms with Gasteiger partial charge in [0.05, 0.1) is 12.9 Å². The number of methoxy groups -OCH3 is 1. The normalized spacial score (nSPS) is 10.4. The van der Waals surface area contributed by atoms with Crippen molar-refractivity contribution in [3.05, 3.63) is 48.8 Å². The SMILES string of the molecule is COc1ccc(-n2c(SCC(=O)NNC(C)=O)nnc2-c2ccncc2)cc1. The number of carbonyl (C=O) groups excluding carboxylic acids is 2. The summed E-state index contributed by atoms with van der Waals surface area (Å²) in [4.78, 5) is 26.8. The predicted molar refractivity (Wildman–Crippen MR) is 104 cm³/mol. The molecule has 2 aromatic heterocycles. The number of pyridine rings is 1. The van der Waals surface area contributed by atoms with Gasteiger partial charge in [0.15, 0.2) is 11.0 Å². The van der Waals surface area contributed by atoms with Crippen molar-refractivity contribution in [3.63, 3.8) is 0 Å². The van der Waals surface area contributed by atoms with Crippen molar-refractivity contribution in [1.82, 2.24) is 30.6 Å². The number of nitrogens with zero attached hydrogens (tertiary/aromatic N) is 4. The maximum atomic E-state index is 11.9. The van der Waals surface area contributed by atoms with Crippen LogP contribution in [0.15, 0.2) is 53.9 Å². The van der Waals surface area contributed by atoms with Crippen LogP contribution in [0.1, 0.15) is 6.92 Å². The maximum absolute atomic E-state index is 11.9. The Morgan fingerprint density at radius 3 is 2.43 bits per heavy atom. The number of benzene rings is 1. The minimum Gasteiger partial charge on any atom is -0.497 e. The van der Waals surface area contributed by atoms with E-state index in [4.69, 9.17) is 4.74 Å². The molecule has 3 rings (SSSR count). The molecule has 0 radical (unpaired) electrons. The standard InChI is InChI=1S/C18H18N6O3S/c1-12(25)20-21-16(26)11-28-18-23-22-17(13-7-9-19-10-8-13)24(18)14-3-5-15(27-2)6-4-14/h3-10H,11H2,1-2H3,(H,20,25)(H,21,26). The van der Waals surface area contributed by atoms with Gasteiger partial charge in [-0.25, -0.2) is 0 Å². The highest BCUT2D eigenvalue weighted by Crippen LogP contribution is 2.28. The molecule has 10 heteroatoms. The number of hydrogen-bond donors (Lipinski definition) is 2. The quantitative estimate of drug-likeness (QED) is 0.479. The van der Waals surface area contributed by atoms with Gasteiger partial charge in [-0.3, -0.25) is 30.0 Å². The molecule has 2 heterocycles. The van der Waals surface area contributed by atoms with E-state index in [0.29, 0.717) is 11.0 Å². The van der Waals surface area contributed by atoms with Gasteiger partial charge in [-0.15, -0.1) is 10.2 Å². The minimum atomic E-state index is -0.352. The van der Waals surface area contributed by atoms with Crippen LogP contribution in [0.4, 0.5) is 0 Å². The molecule has 144 valence electrons. The lowest BCUT2D eigenvalue weighted by Crippen LogP contribution is -2.41. The molecular formula is C18H18N6O3S. The van der Waals surface area contributed by atoms with Gasteiger partial charge in [0.2, 0.25) is 11.8 Å². The second kappa shape index (κ2) is 9.00. The minimum absolute atomic E-state index is 0.0604. The van der Waals surface area contributed by atoms with E-state index in [-0.39, 0.29) is 17.6 Å². The Hall–Kier alpha value is -3.40. The molecule has 2 N–H and O–H groups in total. The number of nitrogens with one attached hydrogen (secondary N) is 2. The molecule has 0 aliphatic heterocycles. The predicted octanol–water partition coefficient (Wildman–Crippen LogP) is 1.60. The molecule has 1 aromatic carbocycles. The van der Waals surface area contributed by atoms with Gasteiger partial charge in [0.1, 0.15) is 5.75 Å². The van der Waals surface area contributed by atoms with Crippen molar-refractivity contribution >= 4 is 23.6 Å². The summed E-state index contributed by atoms with van der Waals surface area (Å²) in [6.07, 6.45) is 3.35. The van der Waals surface area contributed by atoms with E-state index in [9.17, 15) is 9.59 Å². The summed E-state index contributed by atoms with van der Waals surface area (Å²) in [5, 5.41) is 9.06. The molecule has 0 fully saturated rings. The number of hydrogen-bond acceptors (Lipinski definition) is 7. The Bertz CT molecular complexity index is 959. The molecule has 0 atom stereocenters. The third kappa shape index (κ3) is 4.65. The lowest BCUT2D eigenvalue weighted by atomic mass is 10.2. The van der Waals surface area contributed by atoms with Crippen molar-refractivity contribution in [2.45, 2.75) is 12.1 Å². The van der Waals surface area contributed by atoms with Crippen LogP contribution in [0.25, 0.3) is 17.1 Å². The lowest BCUT2D eigenvalue weighted by Gasteiger charge is -2.11. The first kappa shape index (κ1) is 19.4. The average Bonchev–Trinajstić information content (AvgIpc) is 3.15. The zero-order chi connectivity index (χ0) is 19.9. The van der Waals surface area contributed by atoms with E-state index in [2.05, 4.69) is 26.0 Å². The first-order valence-electron chi connectivity index (χ1n) is 8.27. The van der Waals surface area contributed by atoms with E-state index in [1.165, 1.54) is 18.7 Å². The maximum Gasteiger partial charge on any atom is 0.248 e. The number of amides is 2. The number of ether oxygens (including phenoxy) is 1. The molecule has 0 saturated carbocycles. The molecule has 0 unspecified atom stereocenters. The van der Waals surface area contributed by atoms with E-state index < -0.39 is 0 Å². The second-order valence-corrected chi connectivity index (χ2v) is 6.54. The molecule has 0 saturated heterocycles. The Morgan fingerprint density at radius 2 is 1.79 bits per heavy atom. The monoisotopic (exact) mass is 398 g/mol. The number of thioether (sulfide) groups is 1. The Labute approximate surface area is 165 Å². The van der Waals surface area contributed by atoms with Gasteiger partial charge < -0.3 is 4.74 Å². The van der Waals surface area contributed by atoms with Gasteiger partial charge in [0.25, 0.3) is 0 Å². The van der Waals surface area contributed by atoms with E-state index in [1.807, 2.05) is 41.0 Å². The zero-order valence-corrected chi connectivity index (χ0v) is 16.1. The van der Waals surface area contributed by atoms with Gasteiger partial charge >= 0.3 is 0 Å². The topological polar surface area (TPSA) is 111 Å². The molecule has 3 aromatic rings. The van der Waals surface area contributed by atoms with Crippen molar-refractivity contribution in [2.24, 2.45) is 0 Å². The summed E-state index contributed by atoms with van der Waals surface area (Å²) in [7, 11) is 1.60. The molecule has 2 amide bonds. The van der Waals surface area contributed by atoms with E-state index in [1.54, 1.807) is 19.5 Å². The fraction of sp³-hybridized carbons (Fsp3) is 0.167. The van der Waals surface area contributed by atoms with Crippen LogP contribution in [-0.2, 0) is 9.59 Å². The first-order chi connectivity index (χ1) is 13.6. The molecule has 0 bridgehead atoms. The second-order valence-electron chi connectivity index (χ2n) is 5.59. The lowest BCUT2D eigenvalue weighted by molar-refractivity contribution is -0.126. The molecule has 0 spiro atoms. The molecule has 0 aliphatic rings. The average molecular weight is 398 g/mol. The molecule has 28 heavy (non-hydrogen) atoms. The van der Waals surface area contributed by atoms with Crippen LogP contribution in [-0.4, -0.2) is 44.4 Å². The van der Waals surface area contributed by atoms with Gasteiger partial charge in [-0.1, -0.05) is 11.8 Å². The summed E-state index contributed by atoms with van der Waals surface area (Å²) in [6.45, 7) is 1.31. The summed E-state index contributed by atoms with van der Waals surface area (Å²) in [6, 6.07) is 11.1. The third-order valence-electron chi connectivity index (χ3n) is 3.61. The van der Waals surface area contributed by atoms with Gasteiger partial charge in [-0.2, -0.15) is 0 Å². The fourth-order valence-corrected chi connectivity index (χ4v) is 3.09. The molecular weight excluding hydrogens is 380 g/mol. The zero-order valence-electron chi connectivity index (χ0n) is 15.2. The van der Waals surface area contributed by atoms with Gasteiger partial charge in [-0.05, 0) is 36.4 Å². The van der Waals surface area contributed by atoms with Crippen LogP contribution < -0.4 is 15.6 Å². The highest BCUT2D eigenvalue weighted by Gasteiger charge is 2.17. The molecule has 9 nitrogen and oxygen atoms in total. The summed E-state index contributed by atoms with van der Waals surface area (Å²) >= 11 is 1.21. The number of carbonyl (C=O) groups is 2. The number of hydrazine groups is 1. The summed E-state index contributed by atoms with van der Waals surface area (Å²) < 4.78 is 7.07. The highest BCUT2D eigenvalue weighted by molar-refractivity contribution is 7.99. The van der Waals surface area contributed by atoms with E-state index in [0.717, 1.165) is 17.0 Å². The first-order valence-corrected chi connectivity index (χ1v) is 9.25. The Balaban J connectivity index is 1.90. The third-order valence-corrected chi connectivity index (χ3v) is 4.54. The number of rotatable bonds is 6. The van der Waals surface area contributed by atoms with Crippen molar-refractivity contribution < 1.29 is 14.3 Å². The van der Waals surface area contributed by atoms with Crippen LogP contribution in [0.2, 0.25) is 0 Å². The van der Waals surface area contributed by atoms with Crippen LogP contribution in [0.5, 0.6) is 5.75 Å². The van der Waals surface area contributed by atoms with E-state index >= 15 is 0 Å². The fourth-order valence-electron chi connectivity index (χ4n) is 2.34. The van der Waals surface area contributed by atoms with Gasteiger partial charge in [0, 0.05) is 30.6 Å². The highest BCUT2D eigenvalue weighted by atomic mass is 32.2. The van der Waals surface area contributed by atoms with Crippen LogP contribution in [0, 0.1) is 0 Å². The number of aromatic nitrogens is 4.